The Morgan fingerprint density at radius 3 is 2.63 bits per heavy atom. The predicted octanol–water partition coefficient (Wildman–Crippen LogP) is 4.24. The van der Waals surface area contributed by atoms with E-state index >= 15 is 0 Å². The zero-order chi connectivity index (χ0) is 24.8. The summed E-state index contributed by atoms with van der Waals surface area (Å²) < 4.78 is 46.6. The maximum atomic E-state index is 13.3. The minimum Gasteiger partial charge on any atom is -0.489 e. The van der Waals surface area contributed by atoms with Crippen LogP contribution in [-0.2, 0) is 33.4 Å². The lowest BCUT2D eigenvalue weighted by Crippen LogP contribution is -2.38. The minimum absolute atomic E-state index is 0.272. The van der Waals surface area contributed by atoms with Crippen molar-refractivity contribution >= 4 is 13.6 Å². The molecule has 0 radical (unpaired) electrons. The van der Waals surface area contributed by atoms with Crippen LogP contribution >= 0.6 is 7.82 Å². The highest BCUT2D eigenvalue weighted by Crippen LogP contribution is 2.41. The van der Waals surface area contributed by atoms with Gasteiger partial charge in [-0.2, -0.15) is 0 Å². The lowest BCUT2D eigenvalue weighted by Gasteiger charge is -2.09. The molecule has 2 aromatic carbocycles. The highest BCUT2D eigenvalue weighted by Gasteiger charge is 2.22. The monoisotopic (exact) mass is 500 g/mol. The highest BCUT2D eigenvalue weighted by molar-refractivity contribution is 7.47. The Morgan fingerprint density at radius 1 is 1.11 bits per heavy atom. The number of hydrogen-bond donors (Lipinski definition) is 2. The summed E-state index contributed by atoms with van der Waals surface area (Å²) in [5.41, 5.74) is 9.42. The van der Waals surface area contributed by atoms with Gasteiger partial charge in [0.25, 0.3) is 5.82 Å². The van der Waals surface area contributed by atoms with E-state index in [1.165, 1.54) is 16.7 Å². The number of rotatable bonds is 10. The Hall–Kier alpha value is -3.56. The molecule has 0 aliphatic heterocycles. The number of anilines is 1. The fraction of sp³-hybridized carbons (Fsp3) is 0.167. The number of pyridine rings is 1. The normalized spacial score (nSPS) is 12.9. The van der Waals surface area contributed by atoms with Gasteiger partial charge in [0.15, 0.2) is 5.76 Å². The topological polar surface area (TPSA) is 121 Å². The Balaban J connectivity index is 1.39. The molecule has 182 valence electrons. The lowest BCUT2D eigenvalue weighted by molar-refractivity contribution is -0.711. The predicted molar refractivity (Wildman–Crippen MR) is 124 cm³/mol. The molecule has 1 atom stereocenters. The van der Waals surface area contributed by atoms with Crippen molar-refractivity contribution in [1.82, 2.24) is 5.16 Å². The third-order valence-corrected chi connectivity index (χ3v) is 6.04. The van der Waals surface area contributed by atoms with E-state index in [1.54, 1.807) is 36.5 Å². The van der Waals surface area contributed by atoms with Crippen molar-refractivity contribution in [2.24, 2.45) is 0 Å². The largest absolute Gasteiger partial charge is 0.489 e. The van der Waals surface area contributed by atoms with E-state index < -0.39 is 7.82 Å². The number of hydrogen-bond acceptors (Lipinski definition) is 7. The molecule has 9 nitrogen and oxygen atoms in total. The number of phosphoric acid groups is 1. The molecular formula is C24H24FN3O6P+. The molecule has 11 heteroatoms. The summed E-state index contributed by atoms with van der Waals surface area (Å²) >= 11 is 0. The molecule has 0 fully saturated rings. The van der Waals surface area contributed by atoms with Crippen molar-refractivity contribution in [3.05, 3.63) is 95.6 Å². The third kappa shape index (κ3) is 6.52. The van der Waals surface area contributed by atoms with Crippen molar-refractivity contribution < 1.29 is 36.7 Å². The maximum Gasteiger partial charge on any atom is 0.475 e. The number of aromatic nitrogens is 2. The van der Waals surface area contributed by atoms with E-state index in [2.05, 4.69) is 9.68 Å². The lowest BCUT2D eigenvalue weighted by atomic mass is 10.1. The molecule has 3 N–H and O–H groups in total. The molecule has 0 aliphatic rings. The van der Waals surface area contributed by atoms with Gasteiger partial charge in [0.05, 0.1) is 11.9 Å². The van der Waals surface area contributed by atoms with Crippen LogP contribution in [0.15, 0.2) is 77.4 Å². The average molecular weight is 500 g/mol. The molecule has 35 heavy (non-hydrogen) atoms. The average Bonchev–Trinajstić information content (AvgIpc) is 3.31. The third-order valence-electron chi connectivity index (χ3n) is 5.14. The first kappa shape index (κ1) is 24.6. The molecule has 0 spiro atoms. The van der Waals surface area contributed by atoms with Crippen LogP contribution < -0.4 is 15.0 Å². The van der Waals surface area contributed by atoms with Gasteiger partial charge in [-0.05, 0) is 35.4 Å². The highest BCUT2D eigenvalue weighted by atomic mass is 31.2. The van der Waals surface area contributed by atoms with Gasteiger partial charge in [0.1, 0.15) is 23.7 Å². The smallest absolute Gasteiger partial charge is 0.475 e. The molecule has 4 rings (SSSR count). The van der Waals surface area contributed by atoms with E-state index in [-0.39, 0.29) is 18.4 Å². The first-order valence-electron chi connectivity index (χ1n) is 10.6. The molecule has 0 saturated heterocycles. The molecule has 4 aromatic rings. The summed E-state index contributed by atoms with van der Waals surface area (Å²) in [7, 11) is -3.06. The summed E-state index contributed by atoms with van der Waals surface area (Å²) in [5.74, 6) is 0.855. The molecule has 2 aromatic heterocycles. The second-order valence-electron chi connectivity index (χ2n) is 7.61. The molecule has 0 aliphatic carbocycles. The number of benzene rings is 2. The van der Waals surface area contributed by atoms with Crippen LogP contribution in [0.5, 0.6) is 5.75 Å². The minimum atomic E-state index is -4.14. The van der Waals surface area contributed by atoms with Gasteiger partial charge in [-0.15, -0.1) is 0 Å². The first-order valence-corrected chi connectivity index (χ1v) is 12.1. The van der Waals surface area contributed by atoms with Crippen LogP contribution in [0.25, 0.3) is 11.3 Å². The number of nitrogens with two attached hydrogens (primary N) is 1. The zero-order valence-electron chi connectivity index (χ0n) is 18.8. The van der Waals surface area contributed by atoms with Gasteiger partial charge >= 0.3 is 7.82 Å². The summed E-state index contributed by atoms with van der Waals surface area (Å²) in [6.45, 7) is 0.0442. The summed E-state index contributed by atoms with van der Waals surface area (Å²) in [6.07, 6.45) is 2.14. The molecule has 0 saturated carbocycles. The van der Waals surface area contributed by atoms with Crippen LogP contribution in [0.4, 0.5) is 10.2 Å². The number of nitrogen functional groups attached to an aromatic ring is 1. The van der Waals surface area contributed by atoms with Crippen LogP contribution in [-0.4, -0.2) is 17.2 Å². The first-order chi connectivity index (χ1) is 16.8. The van der Waals surface area contributed by atoms with Crippen LogP contribution in [0.1, 0.15) is 16.8 Å². The van der Waals surface area contributed by atoms with Crippen LogP contribution in [0.3, 0.4) is 0 Å². The van der Waals surface area contributed by atoms with Gasteiger partial charge in [-0.1, -0.05) is 35.5 Å². The Morgan fingerprint density at radius 2 is 1.89 bits per heavy atom. The van der Waals surface area contributed by atoms with Crippen LogP contribution in [0.2, 0.25) is 0 Å². The molecule has 1 unspecified atom stereocenters. The molecule has 0 bridgehead atoms. The van der Waals surface area contributed by atoms with E-state index in [1.807, 2.05) is 24.3 Å². The van der Waals surface area contributed by atoms with Crippen molar-refractivity contribution in [1.29, 1.82) is 0 Å². The van der Waals surface area contributed by atoms with Gasteiger partial charge in [-0.3, -0.25) is 10.3 Å². The SMILES string of the molecule is COP(=O)(O)OC[n+]1cccc(-c2cc(Cc3ccc(COc4cccc(F)c4)cc3)no2)c1N. The van der Waals surface area contributed by atoms with Crippen molar-refractivity contribution in [3.63, 3.8) is 0 Å². The van der Waals surface area contributed by atoms with Crippen molar-refractivity contribution in [3.8, 4) is 17.1 Å². The number of phosphoric ester groups is 1. The Labute approximate surface area is 201 Å². The second-order valence-corrected chi connectivity index (χ2v) is 9.17. The Kier molecular flexibility index (Phi) is 7.57. The van der Waals surface area contributed by atoms with E-state index in [9.17, 15) is 13.8 Å². The standard InChI is InChI=1S/C24H23FN3O6P/c1-31-35(29,30)33-16-28-11-3-6-22(24(28)26)23-14-20(27-34-23)12-17-7-9-18(10-8-17)15-32-21-5-2-4-19(25)13-21/h2-11,13-14,26H,12,15-16H2,1H3,(H,29,30)/p+1. The number of halogens is 1. The fourth-order valence-corrected chi connectivity index (χ4v) is 3.66. The molecule has 2 heterocycles. The van der Waals surface area contributed by atoms with E-state index in [0.717, 1.165) is 18.2 Å². The second kappa shape index (κ2) is 10.8. The molecular weight excluding hydrogens is 476 g/mol. The zero-order valence-corrected chi connectivity index (χ0v) is 19.7. The van der Waals surface area contributed by atoms with Gasteiger partial charge in [-0.25, -0.2) is 18.0 Å². The van der Waals surface area contributed by atoms with Crippen molar-refractivity contribution in [2.75, 3.05) is 12.8 Å². The summed E-state index contributed by atoms with van der Waals surface area (Å²) in [6, 6.07) is 19.1. The van der Waals surface area contributed by atoms with Gasteiger partial charge in [0, 0.05) is 25.7 Å². The van der Waals surface area contributed by atoms with Gasteiger partial charge < -0.3 is 14.2 Å². The number of nitrogens with zero attached hydrogens (tertiary/aromatic N) is 2. The Bertz CT molecular complexity index is 1350. The number of ether oxygens (including phenoxy) is 1. The quantitative estimate of drug-likeness (QED) is 0.245. The van der Waals surface area contributed by atoms with Crippen LogP contribution in [0, 0.1) is 5.82 Å². The van der Waals surface area contributed by atoms with Gasteiger partial charge in [0.2, 0.25) is 6.73 Å². The molecule has 0 amide bonds. The van der Waals surface area contributed by atoms with E-state index in [4.69, 9.17) is 19.5 Å². The van der Waals surface area contributed by atoms with Crippen molar-refractivity contribution in [2.45, 2.75) is 19.8 Å². The summed E-state index contributed by atoms with van der Waals surface area (Å²) in [5, 5.41) is 4.13. The van der Waals surface area contributed by atoms with E-state index in [0.29, 0.717) is 35.8 Å². The maximum absolute atomic E-state index is 13.3. The fourth-order valence-electron chi connectivity index (χ4n) is 3.28. The summed E-state index contributed by atoms with van der Waals surface area (Å²) in [4.78, 5) is 9.42.